The summed E-state index contributed by atoms with van der Waals surface area (Å²) < 4.78 is 7.07. The number of hydrogen-bond donors (Lipinski definition) is 2. The molecular formula is C17H25N3O2. The van der Waals surface area contributed by atoms with Gasteiger partial charge in [0, 0.05) is 42.0 Å². The lowest BCUT2D eigenvalue weighted by molar-refractivity contribution is 0.274. The number of anilines is 1. The molecule has 0 aliphatic heterocycles. The molecule has 0 aliphatic rings. The number of benzene rings is 1. The third kappa shape index (κ3) is 3.60. The highest BCUT2D eigenvalue weighted by atomic mass is 16.5. The van der Waals surface area contributed by atoms with Crippen LogP contribution in [0.3, 0.4) is 0 Å². The van der Waals surface area contributed by atoms with E-state index < -0.39 is 0 Å². The van der Waals surface area contributed by atoms with Crippen molar-refractivity contribution >= 4 is 5.69 Å². The van der Waals surface area contributed by atoms with Crippen molar-refractivity contribution in [1.29, 1.82) is 0 Å². The Hall–Kier alpha value is -2.01. The predicted octanol–water partition coefficient (Wildman–Crippen LogP) is 2.83. The van der Waals surface area contributed by atoms with Gasteiger partial charge in [-0.1, -0.05) is 20.8 Å². The van der Waals surface area contributed by atoms with Crippen LogP contribution in [0, 0.1) is 0 Å². The Morgan fingerprint density at radius 2 is 2.00 bits per heavy atom. The number of hydrogen-bond acceptors (Lipinski definition) is 4. The number of ether oxygens (including phenoxy) is 1. The summed E-state index contributed by atoms with van der Waals surface area (Å²) in [6.07, 6.45) is 2.05. The Bertz CT molecular complexity index is 642. The first-order chi connectivity index (χ1) is 10.3. The normalized spacial score (nSPS) is 11.5. The van der Waals surface area contributed by atoms with Gasteiger partial charge in [0.1, 0.15) is 5.75 Å². The minimum absolute atomic E-state index is 0.00837. The van der Waals surface area contributed by atoms with Gasteiger partial charge in [0.2, 0.25) is 0 Å². The second-order valence-corrected chi connectivity index (χ2v) is 6.46. The fourth-order valence-corrected chi connectivity index (χ4v) is 2.51. The monoisotopic (exact) mass is 303 g/mol. The molecule has 2 N–H and O–H groups in total. The molecule has 5 heteroatoms. The van der Waals surface area contributed by atoms with E-state index in [-0.39, 0.29) is 12.0 Å². The van der Waals surface area contributed by atoms with Crippen LogP contribution in [-0.2, 0) is 25.6 Å². The van der Waals surface area contributed by atoms with E-state index in [9.17, 15) is 5.11 Å². The van der Waals surface area contributed by atoms with Crippen LogP contribution in [0.4, 0.5) is 5.69 Å². The van der Waals surface area contributed by atoms with E-state index in [0.717, 1.165) is 16.9 Å². The number of methoxy groups -OCH3 is 1. The Balaban J connectivity index is 2.17. The molecule has 0 unspecified atom stereocenters. The lowest BCUT2D eigenvalue weighted by Crippen LogP contribution is -2.16. The highest BCUT2D eigenvalue weighted by Gasteiger charge is 2.21. The maximum Gasteiger partial charge on any atom is 0.124 e. The molecule has 0 radical (unpaired) electrons. The third-order valence-electron chi connectivity index (χ3n) is 3.55. The van der Waals surface area contributed by atoms with Crippen molar-refractivity contribution in [1.82, 2.24) is 9.78 Å². The quantitative estimate of drug-likeness (QED) is 0.892. The maximum absolute atomic E-state index is 9.39. The molecule has 0 aliphatic carbocycles. The van der Waals surface area contributed by atoms with E-state index in [2.05, 4.69) is 31.2 Å². The van der Waals surface area contributed by atoms with Gasteiger partial charge in [0.15, 0.2) is 0 Å². The second-order valence-electron chi connectivity index (χ2n) is 6.46. The van der Waals surface area contributed by atoms with Gasteiger partial charge >= 0.3 is 0 Å². The summed E-state index contributed by atoms with van der Waals surface area (Å²) in [4.78, 5) is 0. The van der Waals surface area contributed by atoms with E-state index in [1.807, 2.05) is 36.1 Å². The molecule has 22 heavy (non-hydrogen) atoms. The van der Waals surface area contributed by atoms with Crippen molar-refractivity contribution in [2.45, 2.75) is 39.3 Å². The van der Waals surface area contributed by atoms with Gasteiger partial charge in [0.05, 0.1) is 19.4 Å². The van der Waals surface area contributed by atoms with E-state index in [4.69, 9.17) is 4.74 Å². The van der Waals surface area contributed by atoms with Gasteiger partial charge in [-0.05, 0) is 18.2 Å². The Kier molecular flexibility index (Phi) is 4.76. The van der Waals surface area contributed by atoms with Crippen molar-refractivity contribution < 1.29 is 9.84 Å². The Morgan fingerprint density at radius 3 is 2.59 bits per heavy atom. The van der Waals surface area contributed by atoms with E-state index in [1.165, 1.54) is 5.56 Å². The standard InChI is InChI=1S/C17H25N3O2/c1-17(2,3)16-13(10-20(4)19-16)9-18-14-6-7-15(22-5)12(8-14)11-21/h6-8,10,18,21H,9,11H2,1-5H3. The van der Waals surface area contributed by atoms with Crippen molar-refractivity contribution in [3.05, 3.63) is 41.2 Å². The lowest BCUT2D eigenvalue weighted by atomic mass is 9.89. The summed E-state index contributed by atoms with van der Waals surface area (Å²) in [5.41, 5.74) is 4.01. The molecule has 0 fully saturated rings. The average Bonchev–Trinajstić information content (AvgIpc) is 2.86. The number of aryl methyl sites for hydroxylation is 1. The van der Waals surface area contributed by atoms with E-state index >= 15 is 0 Å². The molecule has 120 valence electrons. The molecule has 1 aromatic heterocycles. The molecule has 0 amide bonds. The van der Waals surface area contributed by atoms with Crippen molar-refractivity contribution in [2.75, 3.05) is 12.4 Å². The maximum atomic E-state index is 9.39. The highest BCUT2D eigenvalue weighted by molar-refractivity contribution is 5.51. The average molecular weight is 303 g/mol. The fraction of sp³-hybridized carbons (Fsp3) is 0.471. The topological polar surface area (TPSA) is 59.3 Å². The minimum Gasteiger partial charge on any atom is -0.496 e. The molecule has 0 saturated heterocycles. The molecule has 5 nitrogen and oxygen atoms in total. The number of nitrogens with one attached hydrogen (secondary N) is 1. The van der Waals surface area contributed by atoms with Gasteiger partial charge in [-0.25, -0.2) is 0 Å². The summed E-state index contributed by atoms with van der Waals surface area (Å²) in [5.74, 6) is 0.699. The van der Waals surface area contributed by atoms with Crippen LogP contribution in [0.25, 0.3) is 0 Å². The minimum atomic E-state index is -0.0428. The van der Waals surface area contributed by atoms with Gasteiger partial charge < -0.3 is 15.2 Å². The summed E-state index contributed by atoms with van der Waals surface area (Å²) in [5, 5.41) is 17.4. The smallest absolute Gasteiger partial charge is 0.124 e. The number of nitrogens with zero attached hydrogens (tertiary/aromatic N) is 2. The van der Waals surface area contributed by atoms with Gasteiger partial charge in [-0.2, -0.15) is 5.10 Å². The van der Waals surface area contributed by atoms with E-state index in [1.54, 1.807) is 7.11 Å². The molecule has 2 rings (SSSR count). The molecule has 1 heterocycles. The summed E-state index contributed by atoms with van der Waals surface area (Å²) in [6, 6.07) is 5.72. The Morgan fingerprint density at radius 1 is 1.27 bits per heavy atom. The van der Waals surface area contributed by atoms with Gasteiger partial charge in [0.25, 0.3) is 0 Å². The second kappa shape index (κ2) is 6.40. The largest absolute Gasteiger partial charge is 0.496 e. The molecule has 0 spiro atoms. The van der Waals surface area contributed by atoms with Crippen LogP contribution < -0.4 is 10.1 Å². The van der Waals surface area contributed by atoms with Crippen LogP contribution in [0.15, 0.2) is 24.4 Å². The summed E-state index contributed by atoms with van der Waals surface area (Å²) >= 11 is 0. The van der Waals surface area contributed by atoms with Crippen molar-refractivity contribution in [2.24, 2.45) is 7.05 Å². The summed E-state index contributed by atoms with van der Waals surface area (Å²) in [6.45, 7) is 7.14. The van der Waals surface area contributed by atoms with Crippen LogP contribution in [0.5, 0.6) is 5.75 Å². The summed E-state index contributed by atoms with van der Waals surface area (Å²) in [7, 11) is 3.54. The molecule has 1 aromatic carbocycles. The first kappa shape index (κ1) is 16.4. The zero-order valence-electron chi connectivity index (χ0n) is 14.0. The predicted molar refractivity (Wildman–Crippen MR) is 88.2 cm³/mol. The lowest BCUT2D eigenvalue weighted by Gasteiger charge is -2.18. The van der Waals surface area contributed by atoms with Crippen molar-refractivity contribution in [3.63, 3.8) is 0 Å². The van der Waals surface area contributed by atoms with Crippen LogP contribution in [0.1, 0.15) is 37.6 Å². The first-order valence-corrected chi connectivity index (χ1v) is 7.39. The van der Waals surface area contributed by atoms with Gasteiger partial charge in [-0.15, -0.1) is 0 Å². The number of aliphatic hydroxyl groups excluding tert-OH is 1. The number of aliphatic hydroxyl groups is 1. The SMILES string of the molecule is COc1ccc(NCc2cn(C)nc2C(C)(C)C)cc1CO. The van der Waals surface area contributed by atoms with Crippen molar-refractivity contribution in [3.8, 4) is 5.75 Å². The van der Waals surface area contributed by atoms with Crippen LogP contribution >= 0.6 is 0 Å². The van der Waals surface area contributed by atoms with Gasteiger partial charge in [-0.3, -0.25) is 4.68 Å². The molecule has 0 saturated carbocycles. The van der Waals surface area contributed by atoms with E-state index in [0.29, 0.717) is 12.3 Å². The highest BCUT2D eigenvalue weighted by Crippen LogP contribution is 2.26. The molecule has 2 aromatic rings. The molecular weight excluding hydrogens is 278 g/mol. The number of rotatable bonds is 5. The van der Waals surface area contributed by atoms with Crippen LogP contribution in [-0.4, -0.2) is 22.0 Å². The zero-order chi connectivity index (χ0) is 16.3. The first-order valence-electron chi connectivity index (χ1n) is 7.39. The fourth-order valence-electron chi connectivity index (χ4n) is 2.51. The molecule has 0 atom stereocenters. The Labute approximate surface area is 131 Å². The third-order valence-corrected chi connectivity index (χ3v) is 3.55. The molecule has 0 bridgehead atoms. The van der Waals surface area contributed by atoms with Crippen LogP contribution in [0.2, 0.25) is 0 Å². The number of aromatic nitrogens is 2. The zero-order valence-corrected chi connectivity index (χ0v) is 14.0.